The predicted octanol–water partition coefficient (Wildman–Crippen LogP) is 2.95. The SMILES string of the molecule is Cn1c(SCC(O)COc2ccc(C#N)cc2)nnc1-c1cccs1. The van der Waals surface area contributed by atoms with Crippen molar-refractivity contribution in [3.63, 3.8) is 0 Å². The third-order valence-corrected chi connectivity index (χ3v) is 5.44. The molecule has 0 saturated heterocycles. The third kappa shape index (κ3) is 4.39. The van der Waals surface area contributed by atoms with Gasteiger partial charge in [-0.05, 0) is 35.7 Å². The van der Waals surface area contributed by atoms with Gasteiger partial charge in [-0.2, -0.15) is 5.26 Å². The topological polar surface area (TPSA) is 84.0 Å². The van der Waals surface area contributed by atoms with Crippen LogP contribution in [-0.4, -0.2) is 38.3 Å². The molecular formula is C17H16N4O2S2. The Kier molecular flexibility index (Phi) is 5.71. The lowest BCUT2D eigenvalue weighted by Gasteiger charge is -2.12. The molecule has 2 heterocycles. The highest BCUT2D eigenvalue weighted by Gasteiger charge is 2.14. The van der Waals surface area contributed by atoms with Crippen molar-refractivity contribution in [3.05, 3.63) is 47.3 Å². The Morgan fingerprint density at radius 1 is 1.32 bits per heavy atom. The molecule has 128 valence electrons. The van der Waals surface area contributed by atoms with Gasteiger partial charge in [0.2, 0.25) is 0 Å². The van der Waals surface area contributed by atoms with Gasteiger partial charge in [0, 0.05) is 12.8 Å². The number of aliphatic hydroxyl groups excluding tert-OH is 1. The molecule has 1 unspecified atom stereocenters. The van der Waals surface area contributed by atoms with E-state index in [0.29, 0.717) is 17.1 Å². The van der Waals surface area contributed by atoms with E-state index in [-0.39, 0.29) is 6.61 Å². The quantitative estimate of drug-likeness (QED) is 0.642. The summed E-state index contributed by atoms with van der Waals surface area (Å²) in [5.41, 5.74) is 0.576. The van der Waals surface area contributed by atoms with E-state index in [2.05, 4.69) is 16.3 Å². The Morgan fingerprint density at radius 2 is 2.12 bits per heavy atom. The summed E-state index contributed by atoms with van der Waals surface area (Å²) in [5, 5.41) is 30.0. The summed E-state index contributed by atoms with van der Waals surface area (Å²) in [5.74, 6) is 1.90. The minimum Gasteiger partial charge on any atom is -0.491 e. The molecule has 0 aliphatic rings. The zero-order chi connectivity index (χ0) is 17.6. The molecule has 0 radical (unpaired) electrons. The van der Waals surface area contributed by atoms with Crippen molar-refractivity contribution >= 4 is 23.1 Å². The van der Waals surface area contributed by atoms with E-state index >= 15 is 0 Å². The lowest BCUT2D eigenvalue weighted by molar-refractivity contribution is 0.126. The van der Waals surface area contributed by atoms with Crippen LogP contribution in [0.25, 0.3) is 10.7 Å². The zero-order valence-electron chi connectivity index (χ0n) is 13.5. The van der Waals surface area contributed by atoms with Crippen LogP contribution in [0.3, 0.4) is 0 Å². The van der Waals surface area contributed by atoms with Gasteiger partial charge in [0.25, 0.3) is 0 Å². The first kappa shape index (κ1) is 17.5. The first-order chi connectivity index (χ1) is 12.2. The van der Waals surface area contributed by atoms with Crippen LogP contribution in [0.4, 0.5) is 0 Å². The molecular weight excluding hydrogens is 356 g/mol. The fourth-order valence-electron chi connectivity index (χ4n) is 2.10. The van der Waals surface area contributed by atoms with Gasteiger partial charge in [-0.3, -0.25) is 0 Å². The molecule has 0 amide bonds. The molecule has 25 heavy (non-hydrogen) atoms. The molecule has 3 aromatic rings. The van der Waals surface area contributed by atoms with Crippen molar-refractivity contribution in [1.82, 2.24) is 14.8 Å². The highest BCUT2D eigenvalue weighted by molar-refractivity contribution is 7.99. The molecule has 0 spiro atoms. The van der Waals surface area contributed by atoms with E-state index in [1.807, 2.05) is 29.1 Å². The number of thioether (sulfide) groups is 1. The van der Waals surface area contributed by atoms with Gasteiger partial charge in [0.15, 0.2) is 11.0 Å². The predicted molar refractivity (Wildman–Crippen MR) is 97.7 cm³/mol. The minimum atomic E-state index is -0.637. The first-order valence-electron chi connectivity index (χ1n) is 7.54. The highest BCUT2D eigenvalue weighted by atomic mass is 32.2. The van der Waals surface area contributed by atoms with Crippen molar-refractivity contribution in [3.8, 4) is 22.5 Å². The van der Waals surface area contributed by atoms with Gasteiger partial charge in [0.05, 0.1) is 22.6 Å². The van der Waals surface area contributed by atoms with Crippen LogP contribution in [-0.2, 0) is 7.05 Å². The van der Waals surface area contributed by atoms with Crippen molar-refractivity contribution in [2.75, 3.05) is 12.4 Å². The molecule has 0 saturated carbocycles. The van der Waals surface area contributed by atoms with Crippen molar-refractivity contribution in [2.45, 2.75) is 11.3 Å². The number of nitrogens with zero attached hydrogens (tertiary/aromatic N) is 4. The number of benzene rings is 1. The second-order valence-electron chi connectivity index (χ2n) is 5.25. The Balaban J connectivity index is 1.50. The van der Waals surface area contributed by atoms with Crippen LogP contribution >= 0.6 is 23.1 Å². The summed E-state index contributed by atoms with van der Waals surface area (Å²) >= 11 is 3.05. The lowest BCUT2D eigenvalue weighted by atomic mass is 10.2. The van der Waals surface area contributed by atoms with Gasteiger partial charge >= 0.3 is 0 Å². The van der Waals surface area contributed by atoms with Crippen LogP contribution in [0.15, 0.2) is 46.9 Å². The molecule has 8 heteroatoms. The van der Waals surface area contributed by atoms with Crippen LogP contribution in [0.1, 0.15) is 5.56 Å². The van der Waals surface area contributed by atoms with Crippen molar-refractivity contribution in [2.24, 2.45) is 7.05 Å². The molecule has 0 aliphatic carbocycles. The monoisotopic (exact) mass is 372 g/mol. The number of thiophene rings is 1. The normalized spacial score (nSPS) is 11.9. The number of aromatic nitrogens is 3. The Labute approximate surface area is 153 Å². The number of hydrogen-bond donors (Lipinski definition) is 1. The standard InChI is InChI=1S/C17H16N4O2S2/c1-21-16(15-3-2-8-24-15)19-20-17(21)25-11-13(22)10-23-14-6-4-12(9-18)5-7-14/h2-8,13,22H,10-11H2,1H3. The second-order valence-corrected chi connectivity index (χ2v) is 7.19. The Hall–Kier alpha value is -2.34. The van der Waals surface area contributed by atoms with Gasteiger partial charge in [-0.25, -0.2) is 0 Å². The maximum atomic E-state index is 10.1. The molecule has 0 fully saturated rings. The highest BCUT2D eigenvalue weighted by Crippen LogP contribution is 2.26. The summed E-state index contributed by atoms with van der Waals surface area (Å²) in [6, 6.07) is 12.8. The van der Waals surface area contributed by atoms with E-state index in [1.165, 1.54) is 11.8 Å². The molecule has 6 nitrogen and oxygen atoms in total. The Morgan fingerprint density at radius 3 is 2.80 bits per heavy atom. The number of aliphatic hydroxyl groups is 1. The fraction of sp³-hybridized carbons (Fsp3) is 0.235. The van der Waals surface area contributed by atoms with Crippen LogP contribution in [0.2, 0.25) is 0 Å². The largest absolute Gasteiger partial charge is 0.491 e. The van der Waals surface area contributed by atoms with Crippen molar-refractivity contribution < 1.29 is 9.84 Å². The summed E-state index contributed by atoms with van der Waals surface area (Å²) in [6.07, 6.45) is -0.637. The number of rotatable bonds is 7. The van der Waals surface area contributed by atoms with Crippen LogP contribution in [0, 0.1) is 11.3 Å². The average Bonchev–Trinajstić information content (AvgIpc) is 3.28. The zero-order valence-corrected chi connectivity index (χ0v) is 15.1. The summed E-state index contributed by atoms with van der Waals surface area (Å²) < 4.78 is 7.46. The number of ether oxygens (including phenoxy) is 1. The van der Waals surface area contributed by atoms with E-state index in [4.69, 9.17) is 10.00 Å². The summed E-state index contributed by atoms with van der Waals surface area (Å²) in [4.78, 5) is 1.06. The molecule has 0 aliphatic heterocycles. The minimum absolute atomic E-state index is 0.175. The molecule has 1 N–H and O–H groups in total. The molecule has 3 rings (SSSR count). The lowest BCUT2D eigenvalue weighted by Crippen LogP contribution is -2.20. The summed E-state index contributed by atoms with van der Waals surface area (Å²) in [6.45, 7) is 0.175. The summed E-state index contributed by atoms with van der Waals surface area (Å²) in [7, 11) is 1.91. The van der Waals surface area contributed by atoms with Crippen LogP contribution in [0.5, 0.6) is 5.75 Å². The molecule has 0 bridgehead atoms. The van der Waals surface area contributed by atoms with Crippen molar-refractivity contribution in [1.29, 1.82) is 5.26 Å². The third-order valence-electron chi connectivity index (χ3n) is 3.41. The Bertz CT molecular complexity index is 854. The number of nitriles is 1. The van der Waals surface area contributed by atoms with Gasteiger partial charge in [-0.1, -0.05) is 17.8 Å². The average molecular weight is 372 g/mol. The maximum Gasteiger partial charge on any atom is 0.191 e. The fourth-order valence-corrected chi connectivity index (χ4v) is 3.66. The number of hydrogen-bond acceptors (Lipinski definition) is 7. The van der Waals surface area contributed by atoms with E-state index in [0.717, 1.165) is 15.9 Å². The molecule has 2 aromatic heterocycles. The second kappa shape index (κ2) is 8.16. The smallest absolute Gasteiger partial charge is 0.191 e. The van der Waals surface area contributed by atoms with Gasteiger partial charge in [-0.15, -0.1) is 21.5 Å². The first-order valence-corrected chi connectivity index (χ1v) is 9.41. The van der Waals surface area contributed by atoms with Gasteiger partial charge < -0.3 is 14.4 Å². The van der Waals surface area contributed by atoms with E-state index < -0.39 is 6.10 Å². The maximum absolute atomic E-state index is 10.1. The molecule has 1 atom stereocenters. The van der Waals surface area contributed by atoms with Gasteiger partial charge in [0.1, 0.15) is 12.4 Å². The molecule has 1 aromatic carbocycles. The van der Waals surface area contributed by atoms with Crippen LogP contribution < -0.4 is 4.74 Å². The van der Waals surface area contributed by atoms with E-state index in [9.17, 15) is 5.11 Å². The van der Waals surface area contributed by atoms with E-state index in [1.54, 1.807) is 35.6 Å².